The fourth-order valence-electron chi connectivity index (χ4n) is 4.34. The van der Waals surface area contributed by atoms with Crippen LogP contribution in [0.25, 0.3) is 0 Å². The maximum absolute atomic E-state index is 12.7. The van der Waals surface area contributed by atoms with Gasteiger partial charge in [0, 0.05) is 50.4 Å². The number of rotatable bonds is 6. The van der Waals surface area contributed by atoms with E-state index in [2.05, 4.69) is 10.2 Å². The summed E-state index contributed by atoms with van der Waals surface area (Å²) < 4.78 is 0. The van der Waals surface area contributed by atoms with Crippen LogP contribution >= 0.6 is 0 Å². The lowest BCUT2D eigenvalue weighted by atomic mass is 9.95. The number of likely N-dealkylation sites (N-methyl/N-ethyl adjacent to an activating group) is 1. The number of benzene rings is 1. The zero-order valence-electron chi connectivity index (χ0n) is 16.3. The molecular weight excluding hydrogens is 360 g/mol. The number of nitrogens with one attached hydrogen (secondary N) is 1. The van der Waals surface area contributed by atoms with Gasteiger partial charge in [-0.1, -0.05) is 12.8 Å². The third-order valence-electron chi connectivity index (χ3n) is 5.79. The van der Waals surface area contributed by atoms with Gasteiger partial charge in [0.1, 0.15) is 0 Å². The van der Waals surface area contributed by atoms with Crippen molar-refractivity contribution in [3.8, 4) is 0 Å². The highest BCUT2D eigenvalue weighted by atomic mass is 16.6. The number of hydrogen-bond donors (Lipinski definition) is 1. The standard InChI is InChI=1S/C20H28N4O4/c1-2-21-19(25)18(15-5-3-4-6-15)22-11-13-23(14-12-22)20(26)16-7-9-17(10-8-16)24(27)28/h7-10,15,18H,2-6,11-14H2,1H3,(H,21,25)/t18-/m1/s1. The summed E-state index contributed by atoms with van der Waals surface area (Å²) >= 11 is 0. The molecule has 2 aliphatic rings. The van der Waals surface area contributed by atoms with Crippen LogP contribution in [0.2, 0.25) is 0 Å². The van der Waals surface area contributed by atoms with Crippen LogP contribution in [0.4, 0.5) is 5.69 Å². The lowest BCUT2D eigenvalue weighted by molar-refractivity contribution is -0.384. The van der Waals surface area contributed by atoms with Gasteiger partial charge >= 0.3 is 0 Å². The minimum Gasteiger partial charge on any atom is -0.355 e. The van der Waals surface area contributed by atoms with E-state index in [-0.39, 0.29) is 23.5 Å². The summed E-state index contributed by atoms with van der Waals surface area (Å²) in [6.07, 6.45) is 4.53. The Morgan fingerprint density at radius 1 is 1.14 bits per heavy atom. The minimum absolute atomic E-state index is 0.0253. The Morgan fingerprint density at radius 2 is 1.75 bits per heavy atom. The van der Waals surface area contributed by atoms with Gasteiger partial charge in [-0.2, -0.15) is 0 Å². The van der Waals surface area contributed by atoms with Gasteiger partial charge in [0.25, 0.3) is 11.6 Å². The molecule has 1 aromatic rings. The summed E-state index contributed by atoms with van der Waals surface area (Å²) in [7, 11) is 0. The fraction of sp³-hybridized carbons (Fsp3) is 0.600. The first kappa shape index (κ1) is 20.3. The van der Waals surface area contributed by atoms with Crippen molar-refractivity contribution in [3.63, 3.8) is 0 Å². The molecule has 0 aromatic heterocycles. The highest BCUT2D eigenvalue weighted by molar-refractivity contribution is 5.94. The molecule has 0 radical (unpaired) electrons. The van der Waals surface area contributed by atoms with E-state index in [1.807, 2.05) is 6.92 Å². The lowest BCUT2D eigenvalue weighted by Gasteiger charge is -2.40. The van der Waals surface area contributed by atoms with Crippen LogP contribution in [0.5, 0.6) is 0 Å². The number of nitro groups is 1. The number of piperazine rings is 1. The van der Waals surface area contributed by atoms with E-state index in [0.717, 1.165) is 12.8 Å². The molecule has 1 heterocycles. The third kappa shape index (κ3) is 4.49. The zero-order valence-corrected chi connectivity index (χ0v) is 16.3. The maximum atomic E-state index is 12.7. The molecule has 2 amide bonds. The number of non-ortho nitro benzene ring substituents is 1. The second-order valence-electron chi connectivity index (χ2n) is 7.52. The van der Waals surface area contributed by atoms with E-state index in [0.29, 0.717) is 44.2 Å². The molecule has 1 N–H and O–H groups in total. The molecule has 1 aromatic carbocycles. The van der Waals surface area contributed by atoms with Crippen LogP contribution in [-0.2, 0) is 4.79 Å². The average Bonchev–Trinajstić information content (AvgIpc) is 3.23. The molecule has 152 valence electrons. The summed E-state index contributed by atoms with van der Waals surface area (Å²) in [5.74, 6) is 0.373. The Bertz CT molecular complexity index is 707. The van der Waals surface area contributed by atoms with E-state index in [1.165, 1.54) is 37.1 Å². The molecule has 3 rings (SSSR count). The first-order chi connectivity index (χ1) is 13.5. The Balaban J connectivity index is 1.62. The summed E-state index contributed by atoms with van der Waals surface area (Å²) in [4.78, 5) is 39.7. The second-order valence-corrected chi connectivity index (χ2v) is 7.52. The first-order valence-electron chi connectivity index (χ1n) is 10.1. The molecular formula is C20H28N4O4. The monoisotopic (exact) mass is 388 g/mol. The largest absolute Gasteiger partial charge is 0.355 e. The summed E-state index contributed by atoms with van der Waals surface area (Å²) in [6, 6.07) is 5.61. The normalized spacial score (nSPS) is 19.4. The maximum Gasteiger partial charge on any atom is 0.269 e. The van der Waals surface area contributed by atoms with E-state index in [1.54, 1.807) is 4.90 Å². The number of carbonyl (C=O) groups is 2. The van der Waals surface area contributed by atoms with Crippen molar-refractivity contribution in [2.45, 2.75) is 38.6 Å². The molecule has 8 nitrogen and oxygen atoms in total. The smallest absolute Gasteiger partial charge is 0.269 e. The van der Waals surface area contributed by atoms with E-state index < -0.39 is 4.92 Å². The highest BCUT2D eigenvalue weighted by Crippen LogP contribution is 2.31. The van der Waals surface area contributed by atoms with Crippen molar-refractivity contribution in [3.05, 3.63) is 39.9 Å². The Morgan fingerprint density at radius 3 is 2.29 bits per heavy atom. The van der Waals surface area contributed by atoms with Crippen molar-refractivity contribution >= 4 is 17.5 Å². The van der Waals surface area contributed by atoms with Gasteiger partial charge in [0.2, 0.25) is 5.91 Å². The molecule has 28 heavy (non-hydrogen) atoms. The molecule has 1 saturated heterocycles. The van der Waals surface area contributed by atoms with Crippen LogP contribution in [0.1, 0.15) is 43.0 Å². The number of carbonyl (C=O) groups excluding carboxylic acids is 2. The van der Waals surface area contributed by atoms with Crippen molar-refractivity contribution < 1.29 is 14.5 Å². The molecule has 0 unspecified atom stereocenters. The van der Waals surface area contributed by atoms with Crippen molar-refractivity contribution in [2.24, 2.45) is 5.92 Å². The van der Waals surface area contributed by atoms with Crippen LogP contribution in [0, 0.1) is 16.0 Å². The number of amides is 2. The molecule has 1 saturated carbocycles. The third-order valence-corrected chi connectivity index (χ3v) is 5.79. The van der Waals surface area contributed by atoms with Gasteiger partial charge in [0.15, 0.2) is 0 Å². The van der Waals surface area contributed by atoms with Gasteiger partial charge in [-0.3, -0.25) is 24.6 Å². The number of hydrogen-bond acceptors (Lipinski definition) is 5. The first-order valence-corrected chi connectivity index (χ1v) is 10.1. The summed E-state index contributed by atoms with van der Waals surface area (Å²) in [6.45, 7) is 5.00. The summed E-state index contributed by atoms with van der Waals surface area (Å²) in [5, 5.41) is 13.7. The molecule has 1 aliphatic carbocycles. The van der Waals surface area contributed by atoms with E-state index >= 15 is 0 Å². The van der Waals surface area contributed by atoms with Gasteiger partial charge in [-0.05, 0) is 37.8 Å². The fourth-order valence-corrected chi connectivity index (χ4v) is 4.34. The topological polar surface area (TPSA) is 95.8 Å². The molecule has 8 heteroatoms. The van der Waals surface area contributed by atoms with Gasteiger partial charge in [0.05, 0.1) is 11.0 Å². The Labute approximate surface area is 165 Å². The minimum atomic E-state index is -0.475. The quantitative estimate of drug-likeness (QED) is 0.594. The predicted molar refractivity (Wildman–Crippen MR) is 105 cm³/mol. The lowest BCUT2D eigenvalue weighted by Crippen LogP contribution is -2.58. The van der Waals surface area contributed by atoms with Gasteiger partial charge in [-0.15, -0.1) is 0 Å². The van der Waals surface area contributed by atoms with Crippen molar-refractivity contribution in [1.82, 2.24) is 15.1 Å². The van der Waals surface area contributed by atoms with Crippen LogP contribution < -0.4 is 5.32 Å². The van der Waals surface area contributed by atoms with Gasteiger partial charge in [-0.25, -0.2) is 0 Å². The Hall–Kier alpha value is -2.48. The number of nitrogens with zero attached hydrogens (tertiary/aromatic N) is 3. The molecule has 0 spiro atoms. The van der Waals surface area contributed by atoms with E-state index in [4.69, 9.17) is 0 Å². The van der Waals surface area contributed by atoms with E-state index in [9.17, 15) is 19.7 Å². The molecule has 1 atom stereocenters. The Kier molecular flexibility index (Phi) is 6.61. The van der Waals surface area contributed by atoms with Gasteiger partial charge < -0.3 is 10.2 Å². The molecule has 2 fully saturated rings. The molecule has 0 bridgehead atoms. The SMILES string of the molecule is CCNC(=O)[C@@H](C1CCCC1)N1CCN(C(=O)c2ccc([N+](=O)[O-])cc2)CC1. The zero-order chi connectivity index (χ0) is 20.1. The van der Waals surface area contributed by atoms with Crippen molar-refractivity contribution in [1.29, 1.82) is 0 Å². The van der Waals surface area contributed by atoms with Crippen molar-refractivity contribution in [2.75, 3.05) is 32.7 Å². The van der Waals surface area contributed by atoms with Crippen LogP contribution in [0.3, 0.4) is 0 Å². The number of nitro benzene ring substituents is 1. The predicted octanol–water partition coefficient (Wildman–Crippen LogP) is 2.05. The highest BCUT2D eigenvalue weighted by Gasteiger charge is 2.37. The second kappa shape index (κ2) is 9.14. The molecule has 1 aliphatic heterocycles. The summed E-state index contributed by atoms with van der Waals surface area (Å²) in [5.41, 5.74) is 0.429. The van der Waals surface area contributed by atoms with Crippen LogP contribution in [-0.4, -0.2) is 65.3 Å². The average molecular weight is 388 g/mol. The van der Waals surface area contributed by atoms with Crippen LogP contribution in [0.15, 0.2) is 24.3 Å².